The molecule has 0 saturated heterocycles. The first kappa shape index (κ1) is 13.5. The van der Waals surface area contributed by atoms with E-state index in [1.54, 1.807) is 6.26 Å². The molecule has 0 aliphatic carbocycles. The van der Waals surface area contributed by atoms with Crippen LogP contribution in [-0.4, -0.2) is 9.30 Å². The lowest BCUT2D eigenvalue weighted by molar-refractivity contribution is 0.531. The van der Waals surface area contributed by atoms with Crippen LogP contribution in [0.1, 0.15) is 39.3 Å². The van der Waals surface area contributed by atoms with Crippen LogP contribution in [0.4, 0.5) is 0 Å². The molecule has 2 aromatic rings. The van der Waals surface area contributed by atoms with Crippen molar-refractivity contribution in [1.29, 1.82) is 0 Å². The Kier molecular flexibility index (Phi) is 3.71. The second-order valence-corrected chi connectivity index (χ2v) is 7.44. The van der Waals surface area contributed by atoms with Gasteiger partial charge < -0.3 is 8.97 Å². The fraction of sp³-hybridized carbons (Fsp3) is 0.429. The Morgan fingerprint density at radius 3 is 2.67 bits per heavy atom. The molecule has 1 aromatic heterocycles. The van der Waals surface area contributed by atoms with Gasteiger partial charge in [-0.25, -0.2) is 0 Å². The first-order valence-electron chi connectivity index (χ1n) is 6.03. The summed E-state index contributed by atoms with van der Waals surface area (Å²) in [4.78, 5) is 0. The van der Waals surface area contributed by atoms with E-state index in [1.165, 1.54) is 0 Å². The van der Waals surface area contributed by atoms with Crippen molar-refractivity contribution in [3.8, 4) is 0 Å². The van der Waals surface area contributed by atoms with Crippen molar-refractivity contribution < 1.29 is 8.97 Å². The van der Waals surface area contributed by atoms with Gasteiger partial charge in [0.15, 0.2) is 0 Å². The normalized spacial score (nSPS) is 15.8. The summed E-state index contributed by atoms with van der Waals surface area (Å²) in [5.41, 5.74) is 1.99. The zero-order valence-electron chi connectivity index (χ0n) is 11.2. The highest BCUT2D eigenvalue weighted by Crippen LogP contribution is 2.23. The molecule has 3 nitrogen and oxygen atoms in total. The Balaban J connectivity index is 2.15. The average Bonchev–Trinajstić information content (AvgIpc) is 2.74. The van der Waals surface area contributed by atoms with Crippen LogP contribution in [0.15, 0.2) is 34.9 Å². The van der Waals surface area contributed by atoms with Crippen molar-refractivity contribution in [3.05, 3.63) is 36.1 Å². The monoisotopic (exact) mass is 265 g/mol. The summed E-state index contributed by atoms with van der Waals surface area (Å²) in [6.45, 7) is 7.90. The van der Waals surface area contributed by atoms with Gasteiger partial charge in [0.1, 0.15) is 10.3 Å². The topological polar surface area (TPSA) is 48.2 Å². The average molecular weight is 265 g/mol. The molecule has 0 spiro atoms. The summed E-state index contributed by atoms with van der Waals surface area (Å²) in [5, 5.41) is 1.07. The molecule has 4 heteroatoms. The molecule has 1 aromatic carbocycles. The van der Waals surface area contributed by atoms with E-state index in [4.69, 9.17) is 4.42 Å². The SMILES string of the molecule is CC(N[S+]([O-])C(C)(C)C)c1ccc2occc2c1. The molecule has 0 amide bonds. The van der Waals surface area contributed by atoms with Crippen molar-refractivity contribution in [2.45, 2.75) is 38.5 Å². The van der Waals surface area contributed by atoms with Gasteiger partial charge in [-0.2, -0.15) is 0 Å². The summed E-state index contributed by atoms with van der Waals surface area (Å²) in [6.07, 6.45) is 1.68. The lowest BCUT2D eigenvalue weighted by Crippen LogP contribution is -2.40. The van der Waals surface area contributed by atoms with Gasteiger partial charge in [-0.15, -0.1) is 4.72 Å². The summed E-state index contributed by atoms with van der Waals surface area (Å²) in [6, 6.07) is 8.00. The first-order valence-corrected chi connectivity index (χ1v) is 7.18. The van der Waals surface area contributed by atoms with E-state index >= 15 is 0 Å². The van der Waals surface area contributed by atoms with Gasteiger partial charge in [-0.05, 0) is 51.5 Å². The van der Waals surface area contributed by atoms with Crippen molar-refractivity contribution in [2.24, 2.45) is 0 Å². The third-order valence-electron chi connectivity index (χ3n) is 2.82. The summed E-state index contributed by atoms with van der Waals surface area (Å²) in [7, 11) is 0. The van der Waals surface area contributed by atoms with Crippen LogP contribution in [0.2, 0.25) is 0 Å². The number of furan rings is 1. The number of hydrogen-bond donors (Lipinski definition) is 1. The minimum absolute atomic E-state index is 0.0457. The first-order chi connectivity index (χ1) is 8.38. The van der Waals surface area contributed by atoms with Gasteiger partial charge in [-0.1, -0.05) is 6.07 Å². The Hall–Kier alpha value is -0.970. The molecule has 18 heavy (non-hydrogen) atoms. The third-order valence-corrected chi connectivity index (χ3v) is 4.50. The zero-order chi connectivity index (χ0) is 13.3. The Morgan fingerprint density at radius 2 is 2.00 bits per heavy atom. The van der Waals surface area contributed by atoms with Gasteiger partial charge >= 0.3 is 0 Å². The summed E-state index contributed by atoms with van der Waals surface area (Å²) >= 11 is -1.07. The number of benzene rings is 1. The maximum atomic E-state index is 12.0. The molecule has 0 bridgehead atoms. The maximum absolute atomic E-state index is 12.0. The van der Waals surface area contributed by atoms with Crippen LogP contribution in [0, 0.1) is 0 Å². The van der Waals surface area contributed by atoms with E-state index in [-0.39, 0.29) is 10.8 Å². The number of fused-ring (bicyclic) bond motifs is 1. The molecular formula is C14H19NO2S. The second-order valence-electron chi connectivity index (χ2n) is 5.44. The molecule has 2 atom stereocenters. The third kappa shape index (κ3) is 2.88. The lowest BCUT2D eigenvalue weighted by atomic mass is 10.1. The Morgan fingerprint density at radius 1 is 1.28 bits per heavy atom. The van der Waals surface area contributed by atoms with Gasteiger partial charge in [0, 0.05) is 16.7 Å². The fourth-order valence-corrected chi connectivity index (χ4v) is 2.47. The predicted octanol–water partition coefficient (Wildman–Crippen LogP) is 3.55. The van der Waals surface area contributed by atoms with Crippen LogP contribution >= 0.6 is 0 Å². The second kappa shape index (κ2) is 4.96. The summed E-state index contributed by atoms with van der Waals surface area (Å²) in [5.74, 6) is 0. The molecular weight excluding hydrogens is 246 g/mol. The maximum Gasteiger partial charge on any atom is 0.136 e. The van der Waals surface area contributed by atoms with Crippen molar-refractivity contribution in [1.82, 2.24) is 4.72 Å². The van der Waals surface area contributed by atoms with Crippen LogP contribution in [0.5, 0.6) is 0 Å². The minimum Gasteiger partial charge on any atom is -0.598 e. The van der Waals surface area contributed by atoms with Crippen LogP contribution in [0.25, 0.3) is 11.0 Å². The number of rotatable bonds is 3. The molecule has 0 fully saturated rings. The van der Waals surface area contributed by atoms with E-state index in [2.05, 4.69) is 10.8 Å². The number of hydrogen-bond acceptors (Lipinski definition) is 3. The Labute approximate surface area is 111 Å². The van der Waals surface area contributed by atoms with Gasteiger partial charge in [0.05, 0.1) is 12.3 Å². The van der Waals surface area contributed by atoms with E-state index < -0.39 is 11.4 Å². The molecule has 0 aliphatic heterocycles. The van der Waals surface area contributed by atoms with Crippen LogP contribution in [0.3, 0.4) is 0 Å². The quantitative estimate of drug-likeness (QED) is 0.863. The molecule has 1 heterocycles. The molecule has 0 aliphatic rings. The highest BCUT2D eigenvalue weighted by molar-refractivity contribution is 7.90. The summed E-state index contributed by atoms with van der Waals surface area (Å²) < 4.78 is 20.2. The molecule has 0 radical (unpaired) electrons. The van der Waals surface area contributed by atoms with Crippen molar-refractivity contribution in [2.75, 3.05) is 0 Å². The molecule has 2 unspecified atom stereocenters. The predicted molar refractivity (Wildman–Crippen MR) is 75.7 cm³/mol. The van der Waals surface area contributed by atoms with Crippen molar-refractivity contribution >= 4 is 22.3 Å². The fourth-order valence-electron chi connectivity index (χ4n) is 1.66. The number of nitrogens with one attached hydrogen (secondary N) is 1. The highest BCUT2D eigenvalue weighted by atomic mass is 32.2. The van der Waals surface area contributed by atoms with Gasteiger partial charge in [0.2, 0.25) is 0 Å². The molecule has 2 rings (SSSR count). The highest BCUT2D eigenvalue weighted by Gasteiger charge is 2.28. The minimum atomic E-state index is -1.07. The largest absolute Gasteiger partial charge is 0.598 e. The standard InChI is InChI=1S/C14H19NO2S/c1-10(15-18(16)14(2,3)4)11-5-6-13-12(9-11)7-8-17-13/h5-10,15H,1-4H3. The van der Waals surface area contributed by atoms with Crippen LogP contribution in [-0.2, 0) is 11.4 Å². The molecule has 98 valence electrons. The Bertz CT molecular complexity index is 530. The molecule has 1 N–H and O–H groups in total. The van der Waals surface area contributed by atoms with E-state index in [0.29, 0.717) is 0 Å². The lowest BCUT2D eigenvalue weighted by Gasteiger charge is -2.26. The van der Waals surface area contributed by atoms with E-state index in [0.717, 1.165) is 16.5 Å². The van der Waals surface area contributed by atoms with E-state index in [9.17, 15) is 4.55 Å². The smallest absolute Gasteiger partial charge is 0.136 e. The van der Waals surface area contributed by atoms with Crippen LogP contribution < -0.4 is 4.72 Å². The zero-order valence-corrected chi connectivity index (χ0v) is 12.0. The van der Waals surface area contributed by atoms with Gasteiger partial charge in [0.25, 0.3) is 0 Å². The molecule has 0 saturated carbocycles. The van der Waals surface area contributed by atoms with Gasteiger partial charge in [-0.3, -0.25) is 0 Å². The van der Waals surface area contributed by atoms with Crippen molar-refractivity contribution in [3.63, 3.8) is 0 Å². The van der Waals surface area contributed by atoms with E-state index in [1.807, 2.05) is 45.9 Å².